The molecule has 2 rings (SSSR count). The van der Waals surface area contributed by atoms with Gasteiger partial charge in [-0.1, -0.05) is 18.2 Å². The molecule has 1 N–H and O–H groups in total. The fourth-order valence-electron chi connectivity index (χ4n) is 2.09. The van der Waals surface area contributed by atoms with Crippen LogP contribution < -0.4 is 14.2 Å². The van der Waals surface area contributed by atoms with Gasteiger partial charge in [-0.3, -0.25) is 0 Å². The third-order valence-corrected chi connectivity index (χ3v) is 3.25. The van der Waals surface area contributed by atoms with Gasteiger partial charge in [0.25, 0.3) is 0 Å². The van der Waals surface area contributed by atoms with Crippen LogP contribution in [-0.2, 0) is 6.61 Å². The van der Waals surface area contributed by atoms with E-state index in [0.717, 1.165) is 16.9 Å². The minimum absolute atomic E-state index is 0.358. The second-order valence-electron chi connectivity index (χ2n) is 4.68. The van der Waals surface area contributed by atoms with Crippen LogP contribution in [0, 0.1) is 0 Å². The minimum atomic E-state index is -0.608. The second-order valence-corrected chi connectivity index (χ2v) is 4.68. The van der Waals surface area contributed by atoms with Crippen LogP contribution >= 0.6 is 0 Å². The van der Waals surface area contributed by atoms with E-state index in [4.69, 9.17) is 14.2 Å². The Morgan fingerprint density at radius 3 is 2.43 bits per heavy atom. The largest absolute Gasteiger partial charge is 0.497 e. The summed E-state index contributed by atoms with van der Waals surface area (Å²) in [5.41, 5.74) is 1.67. The Morgan fingerprint density at radius 1 is 1.00 bits per heavy atom. The second kappa shape index (κ2) is 6.99. The van der Waals surface area contributed by atoms with Gasteiger partial charge in [0.2, 0.25) is 0 Å². The molecule has 0 fully saturated rings. The summed E-state index contributed by atoms with van der Waals surface area (Å²) in [5, 5.41) is 9.82. The van der Waals surface area contributed by atoms with Gasteiger partial charge in [-0.25, -0.2) is 0 Å². The SMILES string of the molecule is COc1ccc([C@H](C)O)c(OCc2ccccc2OC)c1. The van der Waals surface area contributed by atoms with Crippen molar-refractivity contribution in [1.29, 1.82) is 0 Å². The molecule has 0 heterocycles. The molecular weight excluding hydrogens is 268 g/mol. The van der Waals surface area contributed by atoms with Gasteiger partial charge < -0.3 is 19.3 Å². The number of aliphatic hydroxyl groups is 1. The van der Waals surface area contributed by atoms with E-state index in [2.05, 4.69) is 0 Å². The lowest BCUT2D eigenvalue weighted by Gasteiger charge is -2.15. The van der Waals surface area contributed by atoms with E-state index in [1.165, 1.54) is 0 Å². The van der Waals surface area contributed by atoms with Gasteiger partial charge in [-0.2, -0.15) is 0 Å². The van der Waals surface area contributed by atoms with Gasteiger partial charge in [0.05, 0.1) is 20.3 Å². The van der Waals surface area contributed by atoms with E-state index in [0.29, 0.717) is 18.1 Å². The van der Waals surface area contributed by atoms with Gasteiger partial charge in [0.1, 0.15) is 23.9 Å². The normalized spacial score (nSPS) is 11.8. The van der Waals surface area contributed by atoms with Crippen LogP contribution in [0.15, 0.2) is 42.5 Å². The first-order chi connectivity index (χ1) is 10.2. The smallest absolute Gasteiger partial charge is 0.129 e. The fourth-order valence-corrected chi connectivity index (χ4v) is 2.09. The summed E-state index contributed by atoms with van der Waals surface area (Å²) < 4.78 is 16.4. The monoisotopic (exact) mass is 288 g/mol. The zero-order chi connectivity index (χ0) is 15.2. The predicted molar refractivity (Wildman–Crippen MR) is 81.0 cm³/mol. The maximum Gasteiger partial charge on any atom is 0.129 e. The van der Waals surface area contributed by atoms with Gasteiger partial charge in [0.15, 0.2) is 0 Å². The molecule has 0 unspecified atom stereocenters. The van der Waals surface area contributed by atoms with Crippen LogP contribution in [-0.4, -0.2) is 19.3 Å². The van der Waals surface area contributed by atoms with Crippen molar-refractivity contribution in [1.82, 2.24) is 0 Å². The summed E-state index contributed by atoms with van der Waals surface area (Å²) in [6.45, 7) is 2.06. The van der Waals surface area contributed by atoms with Crippen molar-refractivity contribution in [2.75, 3.05) is 14.2 Å². The maximum atomic E-state index is 9.82. The zero-order valence-electron chi connectivity index (χ0n) is 12.5. The average molecular weight is 288 g/mol. The van der Waals surface area contributed by atoms with Crippen LogP contribution in [0.1, 0.15) is 24.2 Å². The van der Waals surface area contributed by atoms with Crippen molar-refractivity contribution in [3.05, 3.63) is 53.6 Å². The summed E-state index contributed by atoms with van der Waals surface area (Å²) >= 11 is 0. The van der Waals surface area contributed by atoms with E-state index in [-0.39, 0.29) is 0 Å². The molecule has 0 radical (unpaired) electrons. The molecule has 1 atom stereocenters. The molecule has 0 saturated heterocycles. The van der Waals surface area contributed by atoms with Crippen molar-refractivity contribution in [2.24, 2.45) is 0 Å². The molecule has 2 aromatic rings. The Kier molecular flexibility index (Phi) is 5.06. The van der Waals surface area contributed by atoms with Crippen molar-refractivity contribution in [2.45, 2.75) is 19.6 Å². The number of para-hydroxylation sites is 1. The lowest BCUT2D eigenvalue weighted by molar-refractivity contribution is 0.189. The zero-order valence-corrected chi connectivity index (χ0v) is 12.5. The Labute approximate surface area is 124 Å². The first-order valence-corrected chi connectivity index (χ1v) is 6.76. The van der Waals surface area contributed by atoms with E-state index < -0.39 is 6.10 Å². The molecule has 0 aliphatic carbocycles. The van der Waals surface area contributed by atoms with E-state index in [1.54, 1.807) is 39.3 Å². The highest BCUT2D eigenvalue weighted by Crippen LogP contribution is 2.30. The fraction of sp³-hybridized carbons (Fsp3) is 0.294. The Morgan fingerprint density at radius 2 is 1.76 bits per heavy atom. The molecule has 0 saturated carbocycles. The highest BCUT2D eigenvalue weighted by Gasteiger charge is 2.12. The van der Waals surface area contributed by atoms with Crippen molar-refractivity contribution >= 4 is 0 Å². The van der Waals surface area contributed by atoms with Crippen LogP contribution in [0.3, 0.4) is 0 Å². The maximum absolute atomic E-state index is 9.82. The van der Waals surface area contributed by atoms with Gasteiger partial charge in [0, 0.05) is 17.2 Å². The number of hydrogen-bond acceptors (Lipinski definition) is 4. The third kappa shape index (κ3) is 3.67. The number of benzene rings is 2. The Bertz CT molecular complexity index is 593. The topological polar surface area (TPSA) is 47.9 Å². The molecule has 4 nitrogen and oxygen atoms in total. The molecule has 0 aromatic heterocycles. The first-order valence-electron chi connectivity index (χ1n) is 6.76. The predicted octanol–water partition coefficient (Wildman–Crippen LogP) is 3.34. The van der Waals surface area contributed by atoms with E-state index in [9.17, 15) is 5.11 Å². The Hall–Kier alpha value is -2.20. The van der Waals surface area contributed by atoms with Gasteiger partial charge >= 0.3 is 0 Å². The Balaban J connectivity index is 2.22. The standard InChI is InChI=1S/C17H20O4/c1-12(18)15-9-8-14(19-2)10-17(15)21-11-13-6-4-5-7-16(13)20-3/h4-10,12,18H,11H2,1-3H3/t12-/m0/s1. The molecule has 0 aliphatic rings. The summed E-state index contributed by atoms with van der Waals surface area (Å²) in [5.74, 6) is 2.07. The molecular formula is C17H20O4. The minimum Gasteiger partial charge on any atom is -0.497 e. The average Bonchev–Trinajstić information content (AvgIpc) is 2.52. The van der Waals surface area contributed by atoms with Gasteiger partial charge in [-0.05, 0) is 25.1 Å². The van der Waals surface area contributed by atoms with Crippen molar-refractivity contribution in [3.8, 4) is 17.2 Å². The third-order valence-electron chi connectivity index (χ3n) is 3.25. The van der Waals surface area contributed by atoms with Crippen molar-refractivity contribution < 1.29 is 19.3 Å². The molecule has 0 amide bonds. The summed E-state index contributed by atoms with van der Waals surface area (Å²) in [4.78, 5) is 0. The lowest BCUT2D eigenvalue weighted by atomic mass is 10.1. The van der Waals surface area contributed by atoms with Gasteiger partial charge in [-0.15, -0.1) is 0 Å². The summed E-state index contributed by atoms with van der Waals surface area (Å²) in [7, 11) is 3.23. The number of aliphatic hydroxyl groups excluding tert-OH is 1. The highest BCUT2D eigenvalue weighted by atomic mass is 16.5. The van der Waals surface area contributed by atoms with E-state index >= 15 is 0 Å². The van der Waals surface area contributed by atoms with E-state index in [1.807, 2.05) is 24.3 Å². The lowest BCUT2D eigenvalue weighted by Crippen LogP contribution is -2.03. The summed E-state index contributed by atoms with van der Waals surface area (Å²) in [6.07, 6.45) is -0.608. The summed E-state index contributed by atoms with van der Waals surface area (Å²) in [6, 6.07) is 13.1. The molecule has 4 heteroatoms. The number of methoxy groups -OCH3 is 2. The van der Waals surface area contributed by atoms with Crippen LogP contribution in [0.2, 0.25) is 0 Å². The number of hydrogen-bond donors (Lipinski definition) is 1. The molecule has 112 valence electrons. The van der Waals surface area contributed by atoms with Crippen LogP contribution in [0.5, 0.6) is 17.2 Å². The quantitative estimate of drug-likeness (QED) is 0.885. The first kappa shape index (κ1) is 15.2. The van der Waals surface area contributed by atoms with Crippen LogP contribution in [0.25, 0.3) is 0 Å². The molecule has 0 spiro atoms. The molecule has 21 heavy (non-hydrogen) atoms. The molecule has 0 bridgehead atoms. The highest BCUT2D eigenvalue weighted by molar-refractivity contribution is 5.42. The molecule has 2 aromatic carbocycles. The number of rotatable bonds is 6. The van der Waals surface area contributed by atoms with Crippen LogP contribution in [0.4, 0.5) is 0 Å². The van der Waals surface area contributed by atoms with Crippen molar-refractivity contribution in [3.63, 3.8) is 0 Å². The molecule has 0 aliphatic heterocycles. The number of ether oxygens (including phenoxy) is 3.